The number of carbonyl (C=O) groups is 3. The number of esters is 1. The van der Waals surface area contributed by atoms with Gasteiger partial charge in [0.25, 0.3) is 5.91 Å². The largest absolute Gasteiger partial charge is 0.455 e. The monoisotopic (exact) mass is 398 g/mol. The number of halogens is 4. The van der Waals surface area contributed by atoms with Crippen molar-refractivity contribution in [3.63, 3.8) is 0 Å². The average molecular weight is 398 g/mol. The Morgan fingerprint density at radius 2 is 1.57 bits per heavy atom. The maximum Gasteiger partial charge on any atom is 0.310 e. The zero-order chi connectivity index (χ0) is 20.7. The molecule has 2 aromatic carbocycles. The van der Waals surface area contributed by atoms with E-state index in [0.29, 0.717) is 6.07 Å². The normalized spacial score (nSPS) is 10.3. The minimum Gasteiger partial charge on any atom is -0.455 e. The molecular weight excluding hydrogens is 384 g/mol. The van der Waals surface area contributed by atoms with Crippen molar-refractivity contribution in [2.45, 2.75) is 6.42 Å². The van der Waals surface area contributed by atoms with E-state index in [1.807, 2.05) is 5.32 Å². The first kappa shape index (κ1) is 20.9. The van der Waals surface area contributed by atoms with Gasteiger partial charge in [-0.15, -0.1) is 0 Å². The standard InChI is InChI=1S/C18H14F4N2O4/c19-11-4-2-1-3-10(11)7-16(27)28-9-15(26)23-8-14(25)24-13-6-5-12(20)17(21)18(13)22/h1-6H,7-9H2,(H,23,26)(H,24,25). The molecule has 0 spiro atoms. The molecule has 2 N–H and O–H groups in total. The summed E-state index contributed by atoms with van der Waals surface area (Å²) in [6, 6.07) is 6.99. The van der Waals surface area contributed by atoms with Crippen molar-refractivity contribution in [1.82, 2.24) is 5.32 Å². The highest BCUT2D eigenvalue weighted by atomic mass is 19.2. The van der Waals surface area contributed by atoms with Crippen LogP contribution >= 0.6 is 0 Å². The van der Waals surface area contributed by atoms with Crippen molar-refractivity contribution in [3.8, 4) is 0 Å². The van der Waals surface area contributed by atoms with Crippen LogP contribution in [0, 0.1) is 23.3 Å². The van der Waals surface area contributed by atoms with Gasteiger partial charge in [0.05, 0.1) is 18.7 Å². The van der Waals surface area contributed by atoms with Gasteiger partial charge < -0.3 is 15.4 Å². The second kappa shape index (κ2) is 9.49. The van der Waals surface area contributed by atoms with Gasteiger partial charge in [-0.2, -0.15) is 0 Å². The molecule has 0 bridgehead atoms. The van der Waals surface area contributed by atoms with E-state index >= 15 is 0 Å². The predicted octanol–water partition coefficient (Wildman–Crippen LogP) is 2.08. The van der Waals surface area contributed by atoms with E-state index in [1.165, 1.54) is 24.3 Å². The lowest BCUT2D eigenvalue weighted by atomic mass is 10.1. The van der Waals surface area contributed by atoms with Gasteiger partial charge in [0.2, 0.25) is 5.91 Å². The Morgan fingerprint density at radius 1 is 0.857 bits per heavy atom. The van der Waals surface area contributed by atoms with Crippen molar-refractivity contribution >= 4 is 23.5 Å². The zero-order valence-electron chi connectivity index (χ0n) is 14.2. The molecule has 6 nitrogen and oxygen atoms in total. The van der Waals surface area contributed by atoms with E-state index in [4.69, 9.17) is 0 Å². The number of rotatable bonds is 7. The summed E-state index contributed by atoms with van der Waals surface area (Å²) in [5.74, 6) is -7.95. The van der Waals surface area contributed by atoms with Gasteiger partial charge in [-0.05, 0) is 23.8 Å². The lowest BCUT2D eigenvalue weighted by Gasteiger charge is -2.09. The van der Waals surface area contributed by atoms with Crippen LogP contribution in [0.2, 0.25) is 0 Å². The number of carbonyl (C=O) groups excluding carboxylic acids is 3. The van der Waals surface area contributed by atoms with Crippen molar-refractivity contribution in [2.75, 3.05) is 18.5 Å². The Labute approximate surface area is 156 Å². The second-order valence-corrected chi connectivity index (χ2v) is 5.48. The first-order valence-corrected chi connectivity index (χ1v) is 7.87. The minimum absolute atomic E-state index is 0.0980. The summed E-state index contributed by atoms with van der Waals surface area (Å²) in [4.78, 5) is 34.8. The highest BCUT2D eigenvalue weighted by Gasteiger charge is 2.16. The van der Waals surface area contributed by atoms with Gasteiger partial charge in [0, 0.05) is 0 Å². The molecule has 2 rings (SSSR count). The van der Waals surface area contributed by atoms with Crippen LogP contribution in [0.4, 0.5) is 23.2 Å². The third kappa shape index (κ3) is 5.79. The van der Waals surface area contributed by atoms with Crippen LogP contribution in [0.3, 0.4) is 0 Å². The lowest BCUT2D eigenvalue weighted by Crippen LogP contribution is -2.35. The molecule has 0 radical (unpaired) electrons. The third-order valence-corrected chi connectivity index (χ3v) is 3.41. The fourth-order valence-corrected chi connectivity index (χ4v) is 2.04. The summed E-state index contributed by atoms with van der Waals surface area (Å²) in [5, 5.41) is 4.04. The number of ether oxygens (including phenoxy) is 1. The Hall–Kier alpha value is -3.43. The number of hydrogen-bond donors (Lipinski definition) is 2. The second-order valence-electron chi connectivity index (χ2n) is 5.48. The van der Waals surface area contributed by atoms with Gasteiger partial charge in [-0.25, -0.2) is 17.6 Å². The molecule has 10 heteroatoms. The molecule has 2 amide bonds. The summed E-state index contributed by atoms with van der Waals surface area (Å²) in [6.45, 7) is -1.36. The number of nitrogens with one attached hydrogen (secondary N) is 2. The topological polar surface area (TPSA) is 84.5 Å². The Bertz CT molecular complexity index is 905. The van der Waals surface area contributed by atoms with Crippen LogP contribution in [-0.2, 0) is 25.5 Å². The molecule has 0 saturated carbocycles. The molecule has 0 heterocycles. The SMILES string of the molecule is O=C(COC(=O)Cc1ccccc1F)NCC(=O)Nc1ccc(F)c(F)c1F. The first-order valence-electron chi connectivity index (χ1n) is 7.87. The van der Waals surface area contributed by atoms with Gasteiger partial charge in [-0.1, -0.05) is 18.2 Å². The first-order chi connectivity index (χ1) is 13.3. The van der Waals surface area contributed by atoms with Crippen molar-refractivity contribution in [2.24, 2.45) is 0 Å². The fraction of sp³-hybridized carbons (Fsp3) is 0.167. The number of amides is 2. The van der Waals surface area contributed by atoms with Gasteiger partial charge in [0.15, 0.2) is 24.1 Å². The Balaban J connectivity index is 1.75. The van der Waals surface area contributed by atoms with Crippen LogP contribution in [0.5, 0.6) is 0 Å². The minimum atomic E-state index is -1.75. The maximum atomic E-state index is 13.4. The van der Waals surface area contributed by atoms with Crippen LogP contribution in [0.1, 0.15) is 5.56 Å². The molecule has 28 heavy (non-hydrogen) atoms. The predicted molar refractivity (Wildman–Crippen MR) is 89.0 cm³/mol. The average Bonchev–Trinajstić information content (AvgIpc) is 2.67. The van der Waals surface area contributed by atoms with E-state index < -0.39 is 59.9 Å². The van der Waals surface area contributed by atoms with Gasteiger partial charge in [-0.3, -0.25) is 14.4 Å². The van der Waals surface area contributed by atoms with E-state index in [-0.39, 0.29) is 12.0 Å². The van der Waals surface area contributed by atoms with Gasteiger partial charge in [0.1, 0.15) is 5.82 Å². The fourth-order valence-electron chi connectivity index (χ4n) is 2.04. The van der Waals surface area contributed by atoms with Crippen molar-refractivity contribution < 1.29 is 36.7 Å². The van der Waals surface area contributed by atoms with Crippen LogP contribution in [0.25, 0.3) is 0 Å². The molecule has 0 unspecified atom stereocenters. The van der Waals surface area contributed by atoms with Crippen LogP contribution in [-0.4, -0.2) is 30.9 Å². The summed E-state index contributed by atoms with van der Waals surface area (Å²) >= 11 is 0. The van der Waals surface area contributed by atoms with Gasteiger partial charge >= 0.3 is 5.97 Å². The highest BCUT2D eigenvalue weighted by Crippen LogP contribution is 2.19. The molecule has 2 aromatic rings. The van der Waals surface area contributed by atoms with Crippen LogP contribution in [0.15, 0.2) is 36.4 Å². The van der Waals surface area contributed by atoms with Crippen molar-refractivity contribution in [1.29, 1.82) is 0 Å². The molecular formula is C18H14F4N2O4. The summed E-state index contributed by atoms with van der Waals surface area (Å²) in [5.41, 5.74) is -0.504. The quantitative estimate of drug-likeness (QED) is 0.425. The molecule has 0 fully saturated rings. The Morgan fingerprint density at radius 3 is 2.29 bits per heavy atom. The van der Waals surface area contributed by atoms with E-state index in [2.05, 4.69) is 10.1 Å². The lowest BCUT2D eigenvalue weighted by molar-refractivity contribution is -0.147. The molecule has 0 aliphatic heterocycles. The summed E-state index contributed by atoms with van der Waals surface area (Å²) in [6.07, 6.45) is -0.379. The molecule has 148 valence electrons. The zero-order valence-corrected chi connectivity index (χ0v) is 14.2. The van der Waals surface area contributed by atoms with Crippen LogP contribution < -0.4 is 10.6 Å². The molecule has 0 atom stereocenters. The highest BCUT2D eigenvalue weighted by molar-refractivity contribution is 5.95. The van der Waals surface area contributed by atoms with E-state index in [1.54, 1.807) is 0 Å². The molecule has 0 aromatic heterocycles. The van der Waals surface area contributed by atoms with E-state index in [0.717, 1.165) is 6.07 Å². The number of anilines is 1. The summed E-state index contributed by atoms with van der Waals surface area (Å²) in [7, 11) is 0. The maximum absolute atomic E-state index is 13.4. The summed E-state index contributed by atoms with van der Waals surface area (Å²) < 4.78 is 57.4. The molecule has 0 aliphatic carbocycles. The molecule has 0 aliphatic rings. The molecule has 0 saturated heterocycles. The Kier molecular flexibility index (Phi) is 7.08. The van der Waals surface area contributed by atoms with Crippen molar-refractivity contribution in [3.05, 3.63) is 65.2 Å². The third-order valence-electron chi connectivity index (χ3n) is 3.41. The number of hydrogen-bond acceptors (Lipinski definition) is 4. The smallest absolute Gasteiger partial charge is 0.310 e. The van der Waals surface area contributed by atoms with E-state index in [9.17, 15) is 31.9 Å². The number of benzene rings is 2.